The maximum absolute atomic E-state index is 12.5. The van der Waals surface area contributed by atoms with E-state index in [0.29, 0.717) is 5.56 Å². The number of methoxy groups -OCH3 is 1. The second-order valence-corrected chi connectivity index (χ2v) is 3.04. The van der Waals surface area contributed by atoms with Gasteiger partial charge in [0.1, 0.15) is 5.75 Å². The Balaban J connectivity index is 3.12. The molecular formula is C11H11F3O2. The highest BCUT2D eigenvalue weighted by atomic mass is 19.4. The van der Waals surface area contributed by atoms with Crippen molar-refractivity contribution in [2.24, 2.45) is 0 Å². The van der Waals surface area contributed by atoms with Crippen molar-refractivity contribution in [1.82, 2.24) is 0 Å². The first kappa shape index (κ1) is 12.6. The zero-order valence-electron chi connectivity index (χ0n) is 8.58. The molecule has 0 spiro atoms. The summed E-state index contributed by atoms with van der Waals surface area (Å²) in [4.78, 5) is 0. The molecule has 5 heteroatoms. The Morgan fingerprint density at radius 2 is 2.06 bits per heavy atom. The van der Waals surface area contributed by atoms with E-state index in [1.54, 1.807) is 0 Å². The van der Waals surface area contributed by atoms with Gasteiger partial charge >= 0.3 is 6.18 Å². The largest absolute Gasteiger partial charge is 0.496 e. The van der Waals surface area contributed by atoms with E-state index >= 15 is 0 Å². The third-order valence-electron chi connectivity index (χ3n) is 1.95. The van der Waals surface area contributed by atoms with Gasteiger partial charge in [0.25, 0.3) is 0 Å². The second kappa shape index (κ2) is 5.03. The molecule has 2 nitrogen and oxygen atoms in total. The summed E-state index contributed by atoms with van der Waals surface area (Å²) in [5, 5.41) is 8.54. The minimum Gasteiger partial charge on any atom is -0.496 e. The fourth-order valence-corrected chi connectivity index (χ4v) is 1.23. The van der Waals surface area contributed by atoms with Gasteiger partial charge in [-0.25, -0.2) is 0 Å². The minimum absolute atomic E-state index is 0.163. The summed E-state index contributed by atoms with van der Waals surface area (Å²) in [6.07, 6.45) is -1.48. The third kappa shape index (κ3) is 3.00. The van der Waals surface area contributed by atoms with E-state index in [1.165, 1.54) is 31.4 Å². The highest BCUT2D eigenvalue weighted by Crippen LogP contribution is 2.36. The maximum atomic E-state index is 12.5. The van der Waals surface area contributed by atoms with E-state index in [-0.39, 0.29) is 12.4 Å². The number of hydrogen-bond donors (Lipinski definition) is 1. The number of halogens is 3. The first-order valence-electron chi connectivity index (χ1n) is 4.51. The Bertz CT molecular complexity index is 383. The lowest BCUT2D eigenvalue weighted by Gasteiger charge is -2.12. The minimum atomic E-state index is -4.43. The maximum Gasteiger partial charge on any atom is 0.419 e. The molecule has 1 N–H and O–H groups in total. The van der Waals surface area contributed by atoms with Crippen LogP contribution in [0.4, 0.5) is 13.2 Å². The highest BCUT2D eigenvalue weighted by Gasteiger charge is 2.34. The fraction of sp³-hybridized carbons (Fsp3) is 0.273. The summed E-state index contributed by atoms with van der Waals surface area (Å²) < 4.78 is 42.1. The molecule has 0 heterocycles. The molecule has 0 aliphatic rings. The Morgan fingerprint density at radius 3 is 2.56 bits per heavy atom. The normalized spacial score (nSPS) is 12.1. The summed E-state index contributed by atoms with van der Waals surface area (Å²) in [6, 6.07) is 3.54. The van der Waals surface area contributed by atoms with Gasteiger partial charge in [-0.2, -0.15) is 13.2 Å². The van der Waals surface area contributed by atoms with Gasteiger partial charge in [0.05, 0.1) is 19.3 Å². The number of ether oxygens (including phenoxy) is 1. The Hall–Kier alpha value is -1.49. The van der Waals surface area contributed by atoms with Crippen molar-refractivity contribution < 1.29 is 23.0 Å². The molecule has 0 atom stereocenters. The van der Waals surface area contributed by atoms with Crippen molar-refractivity contribution in [3.63, 3.8) is 0 Å². The zero-order valence-corrected chi connectivity index (χ0v) is 8.58. The van der Waals surface area contributed by atoms with Crippen LogP contribution < -0.4 is 4.74 Å². The average molecular weight is 232 g/mol. The Labute approximate surface area is 91.0 Å². The van der Waals surface area contributed by atoms with Gasteiger partial charge in [0, 0.05) is 0 Å². The van der Waals surface area contributed by atoms with Crippen molar-refractivity contribution in [3.05, 3.63) is 35.4 Å². The second-order valence-electron chi connectivity index (χ2n) is 3.04. The molecule has 0 saturated heterocycles. The SMILES string of the molecule is COc1cc(C=CCO)ccc1C(F)(F)F. The first-order chi connectivity index (χ1) is 7.49. The molecule has 16 heavy (non-hydrogen) atoms. The molecule has 0 aliphatic heterocycles. The van der Waals surface area contributed by atoms with E-state index in [4.69, 9.17) is 5.11 Å². The first-order valence-corrected chi connectivity index (χ1v) is 4.51. The van der Waals surface area contributed by atoms with Crippen molar-refractivity contribution in [2.45, 2.75) is 6.18 Å². The zero-order chi connectivity index (χ0) is 12.2. The van der Waals surface area contributed by atoms with Crippen LogP contribution in [0.2, 0.25) is 0 Å². The monoisotopic (exact) mass is 232 g/mol. The summed E-state index contributed by atoms with van der Waals surface area (Å²) in [7, 11) is 1.18. The van der Waals surface area contributed by atoms with Gasteiger partial charge in [0.15, 0.2) is 0 Å². The molecule has 1 rings (SSSR count). The van der Waals surface area contributed by atoms with Crippen molar-refractivity contribution in [3.8, 4) is 5.75 Å². The number of rotatable bonds is 3. The number of hydrogen-bond acceptors (Lipinski definition) is 2. The standard InChI is InChI=1S/C11H11F3O2/c1-16-10-7-8(3-2-6-15)4-5-9(10)11(12,13)14/h2-5,7,15H,6H2,1H3. The number of aliphatic hydroxyl groups is 1. The lowest BCUT2D eigenvalue weighted by atomic mass is 10.1. The van der Waals surface area contributed by atoms with Crippen LogP contribution in [0, 0.1) is 0 Å². The Morgan fingerprint density at radius 1 is 1.38 bits per heavy atom. The predicted octanol–water partition coefficient (Wildman–Crippen LogP) is 2.72. The van der Waals surface area contributed by atoms with Gasteiger partial charge in [-0.3, -0.25) is 0 Å². The summed E-state index contributed by atoms with van der Waals surface area (Å²) in [5.74, 6) is -0.229. The van der Waals surface area contributed by atoms with Gasteiger partial charge < -0.3 is 9.84 Å². The average Bonchev–Trinajstić information content (AvgIpc) is 2.24. The lowest BCUT2D eigenvalue weighted by molar-refractivity contribution is -0.138. The molecule has 0 unspecified atom stereocenters. The third-order valence-corrected chi connectivity index (χ3v) is 1.95. The van der Waals surface area contributed by atoms with Crippen LogP contribution in [-0.4, -0.2) is 18.8 Å². The van der Waals surface area contributed by atoms with Crippen LogP contribution in [0.3, 0.4) is 0 Å². The quantitative estimate of drug-likeness (QED) is 0.868. The van der Waals surface area contributed by atoms with Crippen LogP contribution in [0.25, 0.3) is 6.08 Å². The van der Waals surface area contributed by atoms with E-state index in [1.807, 2.05) is 0 Å². The lowest BCUT2D eigenvalue weighted by Crippen LogP contribution is -2.07. The molecule has 0 saturated carbocycles. The van der Waals surface area contributed by atoms with E-state index in [9.17, 15) is 13.2 Å². The fourth-order valence-electron chi connectivity index (χ4n) is 1.23. The van der Waals surface area contributed by atoms with Gasteiger partial charge in [0.2, 0.25) is 0 Å². The molecule has 0 fully saturated rings. The summed E-state index contributed by atoms with van der Waals surface area (Å²) >= 11 is 0. The predicted molar refractivity (Wildman–Crippen MR) is 54.1 cm³/mol. The summed E-state index contributed by atoms with van der Waals surface area (Å²) in [5.41, 5.74) is -0.268. The molecule has 1 aromatic rings. The van der Waals surface area contributed by atoms with E-state index in [0.717, 1.165) is 6.07 Å². The van der Waals surface area contributed by atoms with Crippen LogP contribution in [-0.2, 0) is 6.18 Å². The number of alkyl halides is 3. The van der Waals surface area contributed by atoms with Crippen LogP contribution >= 0.6 is 0 Å². The molecular weight excluding hydrogens is 221 g/mol. The smallest absolute Gasteiger partial charge is 0.419 e. The number of benzene rings is 1. The molecule has 0 bridgehead atoms. The highest BCUT2D eigenvalue weighted by molar-refractivity contribution is 5.54. The van der Waals surface area contributed by atoms with Crippen molar-refractivity contribution >= 4 is 6.08 Å². The topological polar surface area (TPSA) is 29.5 Å². The van der Waals surface area contributed by atoms with Gasteiger partial charge in [-0.15, -0.1) is 0 Å². The van der Waals surface area contributed by atoms with Crippen molar-refractivity contribution in [1.29, 1.82) is 0 Å². The number of aliphatic hydroxyl groups excluding tert-OH is 1. The van der Waals surface area contributed by atoms with Crippen LogP contribution in [0.1, 0.15) is 11.1 Å². The molecule has 88 valence electrons. The molecule has 0 aromatic heterocycles. The molecule has 0 amide bonds. The van der Waals surface area contributed by atoms with E-state index < -0.39 is 11.7 Å². The van der Waals surface area contributed by atoms with Crippen molar-refractivity contribution in [2.75, 3.05) is 13.7 Å². The van der Waals surface area contributed by atoms with E-state index in [2.05, 4.69) is 4.74 Å². The van der Waals surface area contributed by atoms with Crippen LogP contribution in [0.15, 0.2) is 24.3 Å². The Kier molecular flexibility index (Phi) is 3.95. The van der Waals surface area contributed by atoms with Crippen LogP contribution in [0.5, 0.6) is 5.75 Å². The summed E-state index contributed by atoms with van der Waals surface area (Å²) in [6.45, 7) is -0.163. The van der Waals surface area contributed by atoms with Gasteiger partial charge in [-0.1, -0.05) is 18.2 Å². The molecule has 0 radical (unpaired) electrons. The molecule has 1 aromatic carbocycles. The van der Waals surface area contributed by atoms with Gasteiger partial charge in [-0.05, 0) is 17.7 Å². The molecule has 0 aliphatic carbocycles.